The minimum Gasteiger partial charge on any atom is -0.381 e. The van der Waals surface area contributed by atoms with Crippen LogP contribution in [0, 0.1) is 0 Å². The van der Waals surface area contributed by atoms with Crippen LogP contribution < -0.4 is 10.9 Å². The molecule has 0 saturated carbocycles. The van der Waals surface area contributed by atoms with Crippen molar-refractivity contribution in [1.82, 2.24) is 19.5 Å². The van der Waals surface area contributed by atoms with Gasteiger partial charge in [0, 0.05) is 59.5 Å². The molecule has 0 aliphatic carbocycles. The number of H-pyrrole nitrogens is 1. The summed E-state index contributed by atoms with van der Waals surface area (Å²) in [6.45, 7) is 1.95. The average molecular weight is 436 g/mol. The van der Waals surface area contributed by atoms with Crippen LogP contribution in [-0.4, -0.2) is 38.8 Å². The van der Waals surface area contributed by atoms with Crippen molar-refractivity contribution in [3.63, 3.8) is 0 Å². The standard InChI is InChI=1S/C23H22ClN5O2/c24-17-2-1-15-11-19(26-21(15)13-17)14-29-8-4-16(12-22(29)30)20-3-7-25-23(28-20)27-18-5-9-31-10-6-18/h1-4,7-8,11-13,18,26H,5-6,9-10,14H2,(H,25,27,28). The van der Waals surface area contributed by atoms with Crippen molar-refractivity contribution in [2.75, 3.05) is 18.5 Å². The highest BCUT2D eigenvalue weighted by atomic mass is 35.5. The van der Waals surface area contributed by atoms with Gasteiger partial charge in [0.25, 0.3) is 5.56 Å². The van der Waals surface area contributed by atoms with Gasteiger partial charge in [0.15, 0.2) is 0 Å². The second-order valence-electron chi connectivity index (χ2n) is 7.70. The minimum absolute atomic E-state index is 0.0910. The van der Waals surface area contributed by atoms with E-state index >= 15 is 0 Å². The van der Waals surface area contributed by atoms with E-state index in [0.717, 1.165) is 48.2 Å². The van der Waals surface area contributed by atoms with Gasteiger partial charge in [0.05, 0.1) is 12.2 Å². The topological polar surface area (TPSA) is 84.8 Å². The Balaban J connectivity index is 1.35. The summed E-state index contributed by atoms with van der Waals surface area (Å²) >= 11 is 6.06. The third-order valence-corrected chi connectivity index (χ3v) is 5.72. The first-order valence-corrected chi connectivity index (χ1v) is 10.7. The molecule has 5 rings (SSSR count). The maximum Gasteiger partial charge on any atom is 0.251 e. The normalized spacial score (nSPS) is 14.7. The lowest BCUT2D eigenvalue weighted by Gasteiger charge is -2.23. The highest BCUT2D eigenvalue weighted by Crippen LogP contribution is 2.21. The molecule has 1 fully saturated rings. The molecule has 0 radical (unpaired) electrons. The van der Waals surface area contributed by atoms with Crippen molar-refractivity contribution in [2.45, 2.75) is 25.4 Å². The van der Waals surface area contributed by atoms with Crippen LogP contribution in [0.5, 0.6) is 0 Å². The Morgan fingerprint density at radius 2 is 2.03 bits per heavy atom. The third-order valence-electron chi connectivity index (χ3n) is 5.48. The van der Waals surface area contributed by atoms with E-state index in [-0.39, 0.29) is 5.56 Å². The van der Waals surface area contributed by atoms with Gasteiger partial charge >= 0.3 is 0 Å². The highest BCUT2D eigenvalue weighted by molar-refractivity contribution is 6.31. The number of benzene rings is 1. The Labute approximate surface area is 184 Å². The van der Waals surface area contributed by atoms with Crippen molar-refractivity contribution in [3.8, 4) is 11.3 Å². The fourth-order valence-corrected chi connectivity index (χ4v) is 4.01. The van der Waals surface area contributed by atoms with Crippen LogP contribution in [0.15, 0.2) is 59.7 Å². The lowest BCUT2D eigenvalue weighted by Crippen LogP contribution is -2.28. The van der Waals surface area contributed by atoms with Gasteiger partial charge in [-0.3, -0.25) is 4.79 Å². The summed E-state index contributed by atoms with van der Waals surface area (Å²) in [5.74, 6) is 0.574. The Bertz CT molecular complexity index is 1280. The van der Waals surface area contributed by atoms with Crippen molar-refractivity contribution in [2.24, 2.45) is 0 Å². The molecule has 1 aromatic carbocycles. The van der Waals surface area contributed by atoms with E-state index in [0.29, 0.717) is 29.3 Å². The molecule has 158 valence electrons. The number of pyridine rings is 1. The highest BCUT2D eigenvalue weighted by Gasteiger charge is 2.15. The molecule has 0 spiro atoms. The summed E-state index contributed by atoms with van der Waals surface area (Å²) in [5, 5.41) is 5.11. The Hall–Kier alpha value is -3.16. The summed E-state index contributed by atoms with van der Waals surface area (Å²) in [6.07, 6.45) is 5.38. The molecule has 1 saturated heterocycles. The van der Waals surface area contributed by atoms with Crippen LogP contribution in [0.25, 0.3) is 22.2 Å². The van der Waals surface area contributed by atoms with E-state index in [1.54, 1.807) is 23.0 Å². The summed E-state index contributed by atoms with van der Waals surface area (Å²) in [6, 6.07) is 13.4. The van der Waals surface area contributed by atoms with Crippen LogP contribution in [-0.2, 0) is 11.3 Å². The number of nitrogens with one attached hydrogen (secondary N) is 2. The fraction of sp³-hybridized carbons (Fsp3) is 0.261. The molecule has 0 bridgehead atoms. The number of nitrogens with zero attached hydrogens (tertiary/aromatic N) is 3. The van der Waals surface area contributed by atoms with Crippen LogP contribution in [0.1, 0.15) is 18.5 Å². The molecule has 2 N–H and O–H groups in total. The molecule has 4 heterocycles. The van der Waals surface area contributed by atoms with Gasteiger partial charge < -0.3 is 19.6 Å². The smallest absolute Gasteiger partial charge is 0.251 e. The molecular weight excluding hydrogens is 414 g/mol. The van der Waals surface area contributed by atoms with E-state index in [4.69, 9.17) is 16.3 Å². The zero-order chi connectivity index (χ0) is 21.2. The van der Waals surface area contributed by atoms with Crippen molar-refractivity contribution < 1.29 is 4.74 Å². The average Bonchev–Trinajstić information content (AvgIpc) is 3.17. The monoisotopic (exact) mass is 435 g/mol. The van der Waals surface area contributed by atoms with Crippen LogP contribution in [0.3, 0.4) is 0 Å². The molecule has 8 heteroatoms. The van der Waals surface area contributed by atoms with Crippen molar-refractivity contribution >= 4 is 28.5 Å². The number of rotatable bonds is 5. The Morgan fingerprint density at radius 3 is 2.87 bits per heavy atom. The molecule has 0 unspecified atom stereocenters. The molecule has 1 aliphatic heterocycles. The van der Waals surface area contributed by atoms with Gasteiger partial charge in [0.1, 0.15) is 0 Å². The fourth-order valence-electron chi connectivity index (χ4n) is 3.84. The molecule has 3 aromatic heterocycles. The SMILES string of the molecule is O=c1cc(-c2ccnc(NC3CCOCC3)n2)ccn1Cc1cc2ccc(Cl)cc2[nH]1. The zero-order valence-electron chi connectivity index (χ0n) is 16.8. The molecule has 0 amide bonds. The first-order chi connectivity index (χ1) is 15.1. The van der Waals surface area contributed by atoms with Gasteiger partial charge in [-0.1, -0.05) is 17.7 Å². The van der Waals surface area contributed by atoms with Crippen LogP contribution >= 0.6 is 11.6 Å². The summed E-state index contributed by atoms with van der Waals surface area (Å²) in [5.41, 5.74) is 3.29. The number of aromatic nitrogens is 4. The predicted molar refractivity (Wildman–Crippen MR) is 122 cm³/mol. The number of hydrogen-bond donors (Lipinski definition) is 2. The largest absolute Gasteiger partial charge is 0.381 e. The summed E-state index contributed by atoms with van der Waals surface area (Å²) in [4.78, 5) is 25.0. The van der Waals surface area contributed by atoms with E-state index in [1.165, 1.54) is 0 Å². The zero-order valence-corrected chi connectivity index (χ0v) is 17.6. The number of anilines is 1. The van der Waals surface area contributed by atoms with Gasteiger partial charge in [-0.15, -0.1) is 0 Å². The quantitative estimate of drug-likeness (QED) is 0.493. The van der Waals surface area contributed by atoms with E-state index in [9.17, 15) is 4.79 Å². The number of fused-ring (bicyclic) bond motifs is 1. The molecule has 4 aromatic rings. The first kappa shape index (κ1) is 19.8. The van der Waals surface area contributed by atoms with Crippen molar-refractivity contribution in [3.05, 3.63) is 75.9 Å². The number of halogens is 1. The third kappa shape index (κ3) is 4.47. The van der Waals surface area contributed by atoms with Crippen molar-refractivity contribution in [1.29, 1.82) is 0 Å². The van der Waals surface area contributed by atoms with Gasteiger partial charge in [-0.2, -0.15) is 0 Å². The van der Waals surface area contributed by atoms with E-state index < -0.39 is 0 Å². The summed E-state index contributed by atoms with van der Waals surface area (Å²) < 4.78 is 7.06. The first-order valence-electron chi connectivity index (χ1n) is 10.3. The molecule has 7 nitrogen and oxygen atoms in total. The minimum atomic E-state index is -0.0910. The predicted octanol–water partition coefficient (Wildman–Crippen LogP) is 4.08. The maximum atomic E-state index is 12.7. The Kier molecular flexibility index (Phi) is 5.44. The Morgan fingerprint density at radius 1 is 1.16 bits per heavy atom. The van der Waals surface area contributed by atoms with Gasteiger partial charge in [-0.25, -0.2) is 9.97 Å². The van der Waals surface area contributed by atoms with Gasteiger partial charge in [-0.05, 0) is 48.6 Å². The number of aromatic amines is 1. The molecular formula is C23H22ClN5O2. The second kappa shape index (κ2) is 8.53. The second-order valence-corrected chi connectivity index (χ2v) is 8.14. The number of hydrogen-bond acceptors (Lipinski definition) is 5. The lowest BCUT2D eigenvalue weighted by atomic mass is 10.1. The molecule has 1 aliphatic rings. The van der Waals surface area contributed by atoms with Crippen LogP contribution in [0.2, 0.25) is 5.02 Å². The number of ether oxygens (including phenoxy) is 1. The van der Waals surface area contributed by atoms with E-state index in [1.807, 2.05) is 36.4 Å². The summed E-state index contributed by atoms with van der Waals surface area (Å²) in [7, 11) is 0. The van der Waals surface area contributed by atoms with Gasteiger partial charge in [0.2, 0.25) is 5.95 Å². The molecule has 31 heavy (non-hydrogen) atoms. The maximum absolute atomic E-state index is 12.7. The van der Waals surface area contributed by atoms with E-state index in [2.05, 4.69) is 20.3 Å². The molecule has 0 atom stereocenters. The van der Waals surface area contributed by atoms with Crippen LogP contribution in [0.4, 0.5) is 5.95 Å². The lowest BCUT2D eigenvalue weighted by molar-refractivity contribution is 0.0903.